The quantitative estimate of drug-likeness (QED) is 0.160. The number of furan rings is 1. The zero-order valence-corrected chi connectivity index (χ0v) is 30.2. The highest BCUT2D eigenvalue weighted by Crippen LogP contribution is 2.42. The van der Waals surface area contributed by atoms with Gasteiger partial charge >= 0.3 is 0 Å². The largest absolute Gasteiger partial charge is 0.455 e. The van der Waals surface area contributed by atoms with Gasteiger partial charge in [-0.3, -0.25) is 13.9 Å². The number of amides is 2. The second kappa shape index (κ2) is 15.6. The lowest BCUT2D eigenvalue weighted by atomic mass is 9.97. The zero-order chi connectivity index (χ0) is 38.6. The number of rotatable bonds is 10. The van der Waals surface area contributed by atoms with Gasteiger partial charge in [0.1, 0.15) is 36.0 Å². The number of hydrogen-bond acceptors (Lipinski definition) is 8. The number of halogens is 2. The highest BCUT2D eigenvalue weighted by atomic mass is 32.2. The molecule has 2 heterocycles. The van der Waals surface area contributed by atoms with E-state index in [2.05, 4.69) is 5.32 Å². The molecule has 5 aromatic rings. The summed E-state index contributed by atoms with van der Waals surface area (Å²) in [6.07, 6.45) is 0.951. The molecule has 4 aromatic carbocycles. The van der Waals surface area contributed by atoms with Crippen LogP contribution in [-0.2, 0) is 10.0 Å². The van der Waals surface area contributed by atoms with E-state index in [4.69, 9.17) is 4.42 Å². The molecule has 11 nitrogen and oxygen atoms in total. The number of nitrogens with zero attached hydrogens (tertiary/aromatic N) is 5. The lowest BCUT2D eigenvalue weighted by Gasteiger charge is -2.37. The van der Waals surface area contributed by atoms with Crippen LogP contribution >= 0.6 is 0 Å². The Balaban J connectivity index is 0.00000580. The fourth-order valence-electron chi connectivity index (χ4n) is 6.61. The van der Waals surface area contributed by atoms with E-state index in [9.17, 15) is 37.3 Å². The minimum atomic E-state index is -4.04. The number of piperazine rings is 1. The molecule has 0 saturated carbocycles. The third-order valence-electron chi connectivity index (χ3n) is 9.13. The number of carbonyl (C=O) groups is 2. The molecule has 1 aliphatic heterocycles. The monoisotopic (exact) mass is 750 g/mol. The summed E-state index contributed by atoms with van der Waals surface area (Å²) < 4.78 is 60.9. The van der Waals surface area contributed by atoms with Gasteiger partial charge in [-0.25, -0.2) is 17.2 Å². The minimum absolute atomic E-state index is 0. The number of hydrogen-bond donors (Lipinski definition) is 1. The van der Waals surface area contributed by atoms with Crippen LogP contribution in [0, 0.1) is 28.5 Å². The second-order valence-corrected chi connectivity index (χ2v) is 14.4. The fourth-order valence-corrected chi connectivity index (χ4v) is 7.52. The van der Waals surface area contributed by atoms with Crippen molar-refractivity contribution in [3.05, 3.63) is 119 Å². The van der Waals surface area contributed by atoms with E-state index in [-0.39, 0.29) is 54.2 Å². The van der Waals surface area contributed by atoms with Crippen LogP contribution in [0.25, 0.3) is 39.1 Å². The molecule has 0 bridgehead atoms. The summed E-state index contributed by atoms with van der Waals surface area (Å²) in [6, 6.07) is 28.0. The van der Waals surface area contributed by atoms with Crippen molar-refractivity contribution in [2.75, 3.05) is 57.0 Å². The predicted molar refractivity (Wildman–Crippen MR) is 203 cm³/mol. The molecule has 1 saturated heterocycles. The molecule has 2 amide bonds. The Kier molecular flexibility index (Phi) is 10.8. The van der Waals surface area contributed by atoms with Crippen molar-refractivity contribution in [2.45, 2.75) is 0 Å². The molecule has 1 N–H and O–H groups in total. The number of fused-ring (bicyclic) bond motifs is 1. The molecular weight excluding hydrogens is 715 g/mol. The molecule has 14 heteroatoms. The van der Waals surface area contributed by atoms with Crippen molar-refractivity contribution < 1.29 is 32.6 Å². The standard InChI is InChI=1S/C40H34F2N6O5S.H2/c1-45-39(49)36-33-22-32(34(48(16-15-41)54(2,51)52)23-35(33)53-38(36)27-11-13-31(42)14-12-27)28-9-6-10-29(21-28)40(50)47-19-17-46(18-20-47)37(30(24-43)25-44)26-7-4-3-5-8-26;/h3-14,21-23H,15-20H2,1-2H3,(H,45,49);1H. The van der Waals surface area contributed by atoms with Crippen LogP contribution < -0.4 is 9.62 Å². The van der Waals surface area contributed by atoms with Crippen LogP contribution in [0.2, 0.25) is 0 Å². The third kappa shape index (κ3) is 7.38. The molecule has 1 fully saturated rings. The Hall–Kier alpha value is -6.51. The summed E-state index contributed by atoms with van der Waals surface area (Å²) in [5, 5.41) is 22.3. The number of nitriles is 2. The van der Waals surface area contributed by atoms with Gasteiger partial charge in [-0.1, -0.05) is 42.5 Å². The first-order valence-corrected chi connectivity index (χ1v) is 18.7. The lowest BCUT2D eigenvalue weighted by molar-refractivity contribution is 0.0686. The third-order valence-corrected chi connectivity index (χ3v) is 10.3. The van der Waals surface area contributed by atoms with E-state index in [0.29, 0.717) is 46.4 Å². The summed E-state index contributed by atoms with van der Waals surface area (Å²) >= 11 is 0. The summed E-state index contributed by atoms with van der Waals surface area (Å²) in [7, 11) is -2.60. The van der Waals surface area contributed by atoms with Gasteiger partial charge < -0.3 is 19.5 Å². The van der Waals surface area contributed by atoms with Gasteiger partial charge in [-0.2, -0.15) is 10.5 Å². The first kappa shape index (κ1) is 37.3. The molecule has 6 rings (SSSR count). The average molecular weight is 751 g/mol. The van der Waals surface area contributed by atoms with Crippen LogP contribution in [0.4, 0.5) is 14.5 Å². The molecule has 0 aliphatic carbocycles. The van der Waals surface area contributed by atoms with Crippen LogP contribution in [0.5, 0.6) is 0 Å². The van der Waals surface area contributed by atoms with Crippen LogP contribution in [0.15, 0.2) is 101 Å². The van der Waals surface area contributed by atoms with Crippen molar-refractivity contribution in [1.82, 2.24) is 15.1 Å². The summed E-state index contributed by atoms with van der Waals surface area (Å²) in [6.45, 7) is -0.217. The second-order valence-electron chi connectivity index (χ2n) is 12.5. The summed E-state index contributed by atoms with van der Waals surface area (Å²) in [5.41, 5.74) is 2.89. The van der Waals surface area contributed by atoms with E-state index in [1.165, 1.54) is 37.4 Å². The number of sulfonamides is 1. The van der Waals surface area contributed by atoms with Crippen LogP contribution in [0.3, 0.4) is 0 Å². The Morgan fingerprint density at radius 1 is 0.889 bits per heavy atom. The minimum Gasteiger partial charge on any atom is -0.455 e. The maximum Gasteiger partial charge on any atom is 0.255 e. The predicted octanol–water partition coefficient (Wildman–Crippen LogP) is 6.46. The van der Waals surface area contributed by atoms with Crippen molar-refractivity contribution in [3.63, 3.8) is 0 Å². The van der Waals surface area contributed by atoms with Crippen LogP contribution in [0.1, 0.15) is 27.7 Å². The van der Waals surface area contributed by atoms with Crippen molar-refractivity contribution >= 4 is 44.2 Å². The smallest absolute Gasteiger partial charge is 0.255 e. The number of carbonyl (C=O) groups excluding carboxylic acids is 2. The lowest BCUT2D eigenvalue weighted by Crippen LogP contribution is -2.48. The molecule has 0 spiro atoms. The molecule has 1 aromatic heterocycles. The average Bonchev–Trinajstić information content (AvgIpc) is 3.56. The fraction of sp³-hybridized carbons (Fsp3) is 0.200. The van der Waals surface area contributed by atoms with Crippen molar-refractivity contribution in [3.8, 4) is 34.6 Å². The number of alkyl halides is 1. The number of benzene rings is 4. The topological polar surface area (TPSA) is 151 Å². The Morgan fingerprint density at radius 3 is 2.15 bits per heavy atom. The van der Waals surface area contributed by atoms with Crippen LogP contribution in [-0.4, -0.2) is 82.7 Å². The van der Waals surface area contributed by atoms with Gasteiger partial charge in [0.2, 0.25) is 10.0 Å². The van der Waals surface area contributed by atoms with E-state index in [0.717, 1.165) is 10.6 Å². The summed E-state index contributed by atoms with van der Waals surface area (Å²) in [5.74, 6) is -1.19. The van der Waals surface area contributed by atoms with E-state index < -0.39 is 35.0 Å². The first-order chi connectivity index (χ1) is 26.0. The van der Waals surface area contributed by atoms with E-state index in [1.807, 2.05) is 47.4 Å². The van der Waals surface area contributed by atoms with Gasteiger partial charge in [0, 0.05) is 62.8 Å². The maximum atomic E-state index is 14.0. The van der Waals surface area contributed by atoms with Gasteiger partial charge in [0.25, 0.3) is 11.8 Å². The molecule has 1 aliphatic rings. The molecule has 54 heavy (non-hydrogen) atoms. The SMILES string of the molecule is CNC(=O)c1c(-c2ccc(F)cc2)oc2cc(N(CCF)S(C)(=O)=O)c(-c3cccc(C(=O)N4CCN(C(=C(C#N)C#N)c5ccccc5)CC4)c3)cc12.[HH]. The maximum absolute atomic E-state index is 14.0. The van der Waals surface area contributed by atoms with Gasteiger partial charge in [0.15, 0.2) is 5.57 Å². The van der Waals surface area contributed by atoms with Gasteiger partial charge in [0.05, 0.1) is 29.7 Å². The molecular formula is C40H36F2N6O5S. The van der Waals surface area contributed by atoms with Gasteiger partial charge in [-0.15, -0.1) is 0 Å². The van der Waals surface area contributed by atoms with Crippen molar-refractivity contribution in [1.29, 1.82) is 10.5 Å². The molecule has 0 unspecified atom stereocenters. The number of anilines is 1. The van der Waals surface area contributed by atoms with E-state index >= 15 is 0 Å². The summed E-state index contributed by atoms with van der Waals surface area (Å²) in [4.78, 5) is 30.9. The number of nitrogens with one attached hydrogen (secondary N) is 1. The molecule has 276 valence electrons. The molecule has 0 radical (unpaired) electrons. The highest BCUT2D eigenvalue weighted by Gasteiger charge is 2.29. The Labute approximate surface area is 312 Å². The zero-order valence-electron chi connectivity index (χ0n) is 29.3. The first-order valence-electron chi connectivity index (χ1n) is 16.9. The normalized spacial score (nSPS) is 12.9. The van der Waals surface area contributed by atoms with E-state index in [1.54, 1.807) is 35.2 Å². The molecule has 0 atom stereocenters. The Bertz CT molecular complexity index is 2450. The Morgan fingerprint density at radius 2 is 1.54 bits per heavy atom. The number of allylic oxidation sites excluding steroid dienone is 1. The van der Waals surface area contributed by atoms with Crippen molar-refractivity contribution in [2.24, 2.45) is 0 Å². The van der Waals surface area contributed by atoms with Gasteiger partial charge in [-0.05, 0) is 53.6 Å². The highest BCUT2D eigenvalue weighted by molar-refractivity contribution is 7.92.